The number of hydrogen-bond acceptors (Lipinski definition) is 3. The first-order valence-electron chi connectivity index (χ1n) is 7.20. The standard InChI is InChI=1S/C16H20N2O2/c1-10(2)20-11-5-6-14-12(8-11)13(9-18-14)16(19)15-4-3-7-17-15/h5-6,8-10,15,17-18H,3-4,7H2,1-2H3. The lowest BCUT2D eigenvalue weighted by atomic mass is 10.0. The molecule has 106 valence electrons. The van der Waals surface area contributed by atoms with E-state index in [0.717, 1.165) is 41.6 Å². The fourth-order valence-corrected chi connectivity index (χ4v) is 2.75. The fraction of sp³-hybridized carbons (Fsp3) is 0.438. The Morgan fingerprint density at radius 1 is 1.40 bits per heavy atom. The number of Topliss-reactive ketones (excluding diaryl/α,β-unsaturated/α-hetero) is 1. The second-order valence-electron chi connectivity index (χ2n) is 5.59. The molecular weight excluding hydrogens is 252 g/mol. The van der Waals surface area contributed by atoms with Crippen molar-refractivity contribution in [1.82, 2.24) is 10.3 Å². The van der Waals surface area contributed by atoms with Crippen LogP contribution >= 0.6 is 0 Å². The molecule has 4 nitrogen and oxygen atoms in total. The van der Waals surface area contributed by atoms with E-state index in [1.54, 1.807) is 0 Å². The van der Waals surface area contributed by atoms with E-state index in [9.17, 15) is 4.79 Å². The van der Waals surface area contributed by atoms with Crippen LogP contribution in [0.3, 0.4) is 0 Å². The van der Waals surface area contributed by atoms with Gasteiger partial charge in [0.2, 0.25) is 0 Å². The monoisotopic (exact) mass is 272 g/mol. The van der Waals surface area contributed by atoms with Gasteiger partial charge in [-0.3, -0.25) is 4.79 Å². The van der Waals surface area contributed by atoms with Crippen molar-refractivity contribution in [2.75, 3.05) is 6.54 Å². The Balaban J connectivity index is 1.96. The largest absolute Gasteiger partial charge is 0.491 e. The minimum absolute atomic E-state index is 0.0383. The van der Waals surface area contributed by atoms with Gasteiger partial charge in [-0.05, 0) is 51.4 Å². The van der Waals surface area contributed by atoms with Crippen LogP contribution in [0.2, 0.25) is 0 Å². The first-order valence-corrected chi connectivity index (χ1v) is 7.20. The smallest absolute Gasteiger partial charge is 0.181 e. The maximum absolute atomic E-state index is 12.5. The second kappa shape index (κ2) is 5.29. The third-order valence-electron chi connectivity index (χ3n) is 3.67. The molecule has 1 aliphatic heterocycles. The van der Waals surface area contributed by atoms with Gasteiger partial charge < -0.3 is 15.0 Å². The van der Waals surface area contributed by atoms with Crippen LogP contribution in [0, 0.1) is 0 Å². The molecular formula is C16H20N2O2. The average molecular weight is 272 g/mol. The van der Waals surface area contributed by atoms with E-state index < -0.39 is 0 Å². The number of hydrogen-bond donors (Lipinski definition) is 2. The zero-order chi connectivity index (χ0) is 14.1. The highest BCUT2D eigenvalue weighted by Crippen LogP contribution is 2.26. The van der Waals surface area contributed by atoms with Crippen molar-refractivity contribution >= 4 is 16.7 Å². The van der Waals surface area contributed by atoms with Gasteiger partial charge in [0.15, 0.2) is 5.78 Å². The topological polar surface area (TPSA) is 54.1 Å². The summed E-state index contributed by atoms with van der Waals surface area (Å²) >= 11 is 0. The molecule has 1 saturated heterocycles. The Bertz CT molecular complexity index is 624. The Kier molecular flexibility index (Phi) is 3.49. The number of H-pyrrole nitrogens is 1. The molecule has 1 aliphatic rings. The van der Waals surface area contributed by atoms with Crippen molar-refractivity contribution in [3.63, 3.8) is 0 Å². The molecule has 1 aromatic carbocycles. The minimum atomic E-state index is -0.0383. The zero-order valence-corrected chi connectivity index (χ0v) is 11.9. The minimum Gasteiger partial charge on any atom is -0.491 e. The van der Waals surface area contributed by atoms with Gasteiger partial charge in [-0.25, -0.2) is 0 Å². The van der Waals surface area contributed by atoms with Crippen LogP contribution in [0.5, 0.6) is 5.75 Å². The summed E-state index contributed by atoms with van der Waals surface area (Å²) in [4.78, 5) is 15.7. The average Bonchev–Trinajstić information content (AvgIpc) is 3.06. The molecule has 0 bridgehead atoms. The highest BCUT2D eigenvalue weighted by atomic mass is 16.5. The molecule has 3 rings (SSSR count). The van der Waals surface area contributed by atoms with E-state index in [1.807, 2.05) is 38.2 Å². The summed E-state index contributed by atoms with van der Waals surface area (Å²) in [5, 5.41) is 4.21. The van der Waals surface area contributed by atoms with E-state index in [0.29, 0.717) is 0 Å². The lowest BCUT2D eigenvalue weighted by molar-refractivity contribution is 0.0954. The molecule has 0 aliphatic carbocycles. The van der Waals surface area contributed by atoms with Crippen molar-refractivity contribution in [2.45, 2.75) is 38.8 Å². The maximum atomic E-state index is 12.5. The summed E-state index contributed by atoms with van der Waals surface area (Å²) in [6.07, 6.45) is 3.93. The number of ketones is 1. The molecule has 2 N–H and O–H groups in total. The molecule has 1 fully saturated rings. The Morgan fingerprint density at radius 2 is 2.25 bits per heavy atom. The quantitative estimate of drug-likeness (QED) is 0.841. The van der Waals surface area contributed by atoms with Crippen molar-refractivity contribution in [2.24, 2.45) is 0 Å². The van der Waals surface area contributed by atoms with Gasteiger partial charge in [0, 0.05) is 22.7 Å². The zero-order valence-electron chi connectivity index (χ0n) is 11.9. The van der Waals surface area contributed by atoms with Crippen LogP contribution in [-0.2, 0) is 0 Å². The Labute approximate surface area is 118 Å². The van der Waals surface area contributed by atoms with Crippen LogP contribution in [0.1, 0.15) is 37.0 Å². The molecule has 0 amide bonds. The van der Waals surface area contributed by atoms with Gasteiger partial charge in [0.25, 0.3) is 0 Å². The number of rotatable bonds is 4. The number of carbonyl (C=O) groups excluding carboxylic acids is 1. The summed E-state index contributed by atoms with van der Waals surface area (Å²) in [7, 11) is 0. The maximum Gasteiger partial charge on any atom is 0.181 e. The van der Waals surface area contributed by atoms with Crippen LogP contribution in [0.15, 0.2) is 24.4 Å². The van der Waals surface area contributed by atoms with Gasteiger partial charge in [0.05, 0.1) is 12.1 Å². The molecule has 0 saturated carbocycles. The summed E-state index contributed by atoms with van der Waals surface area (Å²) in [6, 6.07) is 5.81. The summed E-state index contributed by atoms with van der Waals surface area (Å²) in [5.74, 6) is 0.982. The second-order valence-corrected chi connectivity index (χ2v) is 5.59. The van der Waals surface area contributed by atoms with Crippen LogP contribution < -0.4 is 10.1 Å². The third-order valence-corrected chi connectivity index (χ3v) is 3.67. The molecule has 1 aromatic heterocycles. The lowest BCUT2D eigenvalue weighted by Crippen LogP contribution is -2.30. The van der Waals surface area contributed by atoms with Crippen molar-refractivity contribution in [3.8, 4) is 5.75 Å². The number of aromatic nitrogens is 1. The molecule has 0 spiro atoms. The number of aromatic amines is 1. The summed E-state index contributed by atoms with van der Waals surface area (Å²) < 4.78 is 5.71. The molecule has 20 heavy (non-hydrogen) atoms. The predicted octanol–water partition coefficient (Wildman–Crippen LogP) is 2.89. The number of carbonyl (C=O) groups is 1. The van der Waals surface area contributed by atoms with Crippen LogP contribution in [0.25, 0.3) is 10.9 Å². The van der Waals surface area contributed by atoms with Gasteiger partial charge in [-0.15, -0.1) is 0 Å². The summed E-state index contributed by atoms with van der Waals surface area (Å²) in [6.45, 7) is 4.92. The Morgan fingerprint density at radius 3 is 2.95 bits per heavy atom. The fourth-order valence-electron chi connectivity index (χ4n) is 2.75. The number of nitrogens with one attached hydrogen (secondary N) is 2. The van der Waals surface area contributed by atoms with Crippen LogP contribution in [0.4, 0.5) is 0 Å². The predicted molar refractivity (Wildman–Crippen MR) is 79.4 cm³/mol. The summed E-state index contributed by atoms with van der Waals surface area (Å²) in [5.41, 5.74) is 1.73. The first kappa shape index (κ1) is 13.2. The highest BCUT2D eigenvalue weighted by Gasteiger charge is 2.25. The van der Waals surface area contributed by atoms with Gasteiger partial charge >= 0.3 is 0 Å². The molecule has 1 unspecified atom stereocenters. The molecule has 2 heterocycles. The normalized spacial score (nSPS) is 18.9. The van der Waals surface area contributed by atoms with Gasteiger partial charge in [0.1, 0.15) is 5.75 Å². The third kappa shape index (κ3) is 2.43. The van der Waals surface area contributed by atoms with E-state index in [4.69, 9.17) is 4.74 Å². The van der Waals surface area contributed by atoms with Crippen molar-refractivity contribution in [3.05, 3.63) is 30.0 Å². The van der Waals surface area contributed by atoms with Crippen molar-refractivity contribution in [1.29, 1.82) is 0 Å². The van der Waals surface area contributed by atoms with E-state index in [2.05, 4.69) is 10.3 Å². The van der Waals surface area contributed by atoms with Crippen LogP contribution in [-0.4, -0.2) is 29.5 Å². The molecule has 2 aromatic rings. The lowest BCUT2D eigenvalue weighted by Gasteiger charge is -2.11. The molecule has 0 radical (unpaired) electrons. The van der Waals surface area contributed by atoms with E-state index >= 15 is 0 Å². The Hall–Kier alpha value is -1.81. The number of benzene rings is 1. The SMILES string of the molecule is CC(C)Oc1ccc2[nH]cc(C(=O)C3CCCN3)c2c1. The molecule has 4 heteroatoms. The first-order chi connectivity index (χ1) is 9.65. The van der Waals surface area contributed by atoms with Gasteiger partial charge in [-0.1, -0.05) is 0 Å². The van der Waals surface area contributed by atoms with E-state index in [-0.39, 0.29) is 17.9 Å². The number of ether oxygens (including phenoxy) is 1. The highest BCUT2D eigenvalue weighted by molar-refractivity contribution is 6.10. The van der Waals surface area contributed by atoms with Crippen molar-refractivity contribution < 1.29 is 9.53 Å². The molecule has 1 atom stereocenters. The number of fused-ring (bicyclic) bond motifs is 1. The van der Waals surface area contributed by atoms with Gasteiger partial charge in [-0.2, -0.15) is 0 Å². The van der Waals surface area contributed by atoms with E-state index in [1.165, 1.54) is 0 Å².